The van der Waals surface area contributed by atoms with Crippen molar-refractivity contribution in [3.05, 3.63) is 0 Å². The smallest absolute Gasteiger partial charge is 0.171 e. The van der Waals surface area contributed by atoms with E-state index in [1.165, 1.54) is 0 Å². The Hall–Kier alpha value is -1.39. The van der Waals surface area contributed by atoms with Crippen LogP contribution in [-0.2, 0) is 9.59 Å². The van der Waals surface area contributed by atoms with Gasteiger partial charge in [0.15, 0.2) is 12.0 Å². The molecule has 0 aromatic rings. The zero-order valence-corrected chi connectivity index (χ0v) is 14.3. The number of rotatable bonds is 0. The van der Waals surface area contributed by atoms with Crippen LogP contribution in [0.5, 0.6) is 0 Å². The first-order chi connectivity index (χ1) is 11.2. The number of hydrogen-bond acceptors (Lipinski definition) is 4. The van der Waals surface area contributed by atoms with Crippen molar-refractivity contribution in [2.45, 2.75) is 58.5 Å². The minimum Gasteiger partial charge on any atom is -0.310 e. The molecule has 4 aliphatic rings. The number of ketones is 2. The van der Waals surface area contributed by atoms with Gasteiger partial charge in [0, 0.05) is 29.7 Å². The van der Waals surface area contributed by atoms with E-state index >= 15 is 4.39 Å². The molecule has 5 unspecified atom stereocenters. The zero-order valence-electron chi connectivity index (χ0n) is 14.3. The molecule has 0 aromatic heterocycles. The van der Waals surface area contributed by atoms with Crippen LogP contribution < -0.4 is 0 Å². The lowest BCUT2D eigenvalue weighted by Crippen LogP contribution is -2.64. The largest absolute Gasteiger partial charge is 0.310 e. The molecule has 0 saturated heterocycles. The Morgan fingerprint density at radius 3 is 2.54 bits per heavy atom. The number of hydrogen-bond donors (Lipinski definition) is 2. The first-order valence-corrected chi connectivity index (χ1v) is 9.06. The van der Waals surface area contributed by atoms with E-state index in [2.05, 4.69) is 0 Å². The Labute approximate surface area is 141 Å². The van der Waals surface area contributed by atoms with Crippen molar-refractivity contribution in [2.24, 2.45) is 34.5 Å². The van der Waals surface area contributed by atoms with E-state index in [1.54, 1.807) is 6.92 Å². The predicted molar refractivity (Wildman–Crippen MR) is 88.2 cm³/mol. The van der Waals surface area contributed by atoms with Crippen molar-refractivity contribution in [3.63, 3.8) is 0 Å². The van der Waals surface area contributed by atoms with Gasteiger partial charge < -0.3 is 10.8 Å². The van der Waals surface area contributed by atoms with E-state index in [0.29, 0.717) is 49.9 Å². The van der Waals surface area contributed by atoms with Crippen molar-refractivity contribution in [1.82, 2.24) is 0 Å². The molecule has 0 bridgehead atoms. The van der Waals surface area contributed by atoms with Crippen LogP contribution in [0.1, 0.15) is 52.4 Å². The van der Waals surface area contributed by atoms with Gasteiger partial charge in [-0.15, -0.1) is 0 Å². The number of carbonyl (C=O) groups is 2. The number of halogens is 1. The molecule has 0 spiro atoms. The fourth-order valence-corrected chi connectivity index (χ4v) is 6.49. The van der Waals surface area contributed by atoms with Crippen LogP contribution >= 0.6 is 0 Å². The molecule has 0 aliphatic heterocycles. The van der Waals surface area contributed by atoms with Gasteiger partial charge in [-0.2, -0.15) is 0 Å². The van der Waals surface area contributed by atoms with E-state index < -0.39 is 28.7 Å². The van der Waals surface area contributed by atoms with Crippen LogP contribution in [0.15, 0.2) is 0 Å². The summed E-state index contributed by atoms with van der Waals surface area (Å²) >= 11 is 0. The lowest BCUT2D eigenvalue weighted by Gasteiger charge is -2.59. The molecule has 4 saturated carbocycles. The van der Waals surface area contributed by atoms with E-state index in [4.69, 9.17) is 10.8 Å². The third-order valence-corrected chi connectivity index (χ3v) is 7.88. The van der Waals surface area contributed by atoms with Crippen LogP contribution in [-0.4, -0.2) is 29.2 Å². The zero-order chi connectivity index (χ0) is 17.4. The summed E-state index contributed by atoms with van der Waals surface area (Å²) in [6.45, 7) is 3.67. The number of fused-ring (bicyclic) bond motifs is 5. The summed E-state index contributed by atoms with van der Waals surface area (Å²) in [4.78, 5) is 25.4. The van der Waals surface area contributed by atoms with Gasteiger partial charge in [-0.25, -0.2) is 4.39 Å². The normalized spacial score (nSPS) is 51.2. The number of carbonyl (C=O) groups excluding carboxylic acids is 2. The molecular formula is C19H25FN2O2. The monoisotopic (exact) mass is 332 g/mol. The molecule has 0 radical (unpaired) electrons. The molecule has 0 heterocycles. The van der Waals surface area contributed by atoms with Crippen LogP contribution in [0.25, 0.3) is 0 Å². The molecule has 4 nitrogen and oxygen atoms in total. The Balaban J connectivity index is 1.81. The highest BCUT2D eigenvalue weighted by molar-refractivity contribution is 6.01. The first kappa shape index (κ1) is 16.1. The summed E-state index contributed by atoms with van der Waals surface area (Å²) in [5.74, 6) is -1.23. The van der Waals surface area contributed by atoms with E-state index in [0.717, 1.165) is 0 Å². The molecule has 2 N–H and O–H groups in total. The lowest BCUT2D eigenvalue weighted by molar-refractivity contribution is -0.163. The second-order valence-electron chi connectivity index (χ2n) is 8.85. The summed E-state index contributed by atoms with van der Waals surface area (Å²) in [5, 5.41) is 16.5. The van der Waals surface area contributed by atoms with Crippen LogP contribution in [0.2, 0.25) is 0 Å². The van der Waals surface area contributed by atoms with Gasteiger partial charge in [0.25, 0.3) is 0 Å². The molecule has 4 rings (SSSR count). The minimum absolute atomic E-state index is 0.0815. The molecule has 24 heavy (non-hydrogen) atoms. The van der Waals surface area contributed by atoms with Gasteiger partial charge in [0.05, 0.1) is 5.41 Å². The second kappa shape index (κ2) is 4.83. The van der Waals surface area contributed by atoms with Gasteiger partial charge >= 0.3 is 0 Å². The van der Waals surface area contributed by atoms with Gasteiger partial charge in [0.2, 0.25) is 0 Å². The van der Waals surface area contributed by atoms with E-state index in [1.807, 2.05) is 6.92 Å². The molecule has 5 heteroatoms. The van der Waals surface area contributed by atoms with E-state index in [9.17, 15) is 9.59 Å². The maximum atomic E-state index is 15.2. The number of Topliss-reactive ketones (excluding diaryl/α,β-unsaturated/α-hetero) is 2. The Bertz CT molecular complexity index is 674. The SMILES string of the molecule is C[C@]12CCC(=N)CC1C(=N)CC1C2C(=O)C(F)[C@]2(C)C(=O)CCC12. The minimum atomic E-state index is -1.70. The molecule has 0 aromatic carbocycles. The van der Waals surface area contributed by atoms with Gasteiger partial charge in [-0.05, 0) is 56.3 Å². The summed E-state index contributed by atoms with van der Waals surface area (Å²) < 4.78 is 15.2. The fourth-order valence-electron chi connectivity index (χ4n) is 6.49. The quantitative estimate of drug-likeness (QED) is 0.713. The highest BCUT2D eigenvalue weighted by Crippen LogP contribution is 2.63. The average molecular weight is 332 g/mol. The summed E-state index contributed by atoms with van der Waals surface area (Å²) in [6.07, 6.45) is 1.63. The third kappa shape index (κ3) is 1.73. The molecule has 4 aliphatic carbocycles. The summed E-state index contributed by atoms with van der Waals surface area (Å²) in [6, 6.07) is 0. The highest BCUT2D eigenvalue weighted by atomic mass is 19.1. The Morgan fingerprint density at radius 1 is 1.12 bits per heavy atom. The average Bonchev–Trinajstić information content (AvgIpc) is 2.83. The summed E-state index contributed by atoms with van der Waals surface area (Å²) in [5.41, 5.74) is -0.362. The molecule has 7 atom stereocenters. The third-order valence-electron chi connectivity index (χ3n) is 7.88. The highest BCUT2D eigenvalue weighted by Gasteiger charge is 2.68. The second-order valence-corrected chi connectivity index (χ2v) is 8.85. The summed E-state index contributed by atoms with van der Waals surface area (Å²) in [7, 11) is 0. The van der Waals surface area contributed by atoms with Crippen LogP contribution in [0.3, 0.4) is 0 Å². The molecular weight excluding hydrogens is 307 g/mol. The van der Waals surface area contributed by atoms with E-state index in [-0.39, 0.29) is 23.5 Å². The van der Waals surface area contributed by atoms with Crippen LogP contribution in [0.4, 0.5) is 4.39 Å². The number of nitrogens with one attached hydrogen (secondary N) is 2. The predicted octanol–water partition coefficient (Wildman–Crippen LogP) is 3.37. The molecule has 4 fully saturated rings. The van der Waals surface area contributed by atoms with Crippen LogP contribution in [0, 0.1) is 45.3 Å². The van der Waals surface area contributed by atoms with Gasteiger partial charge in [-0.1, -0.05) is 6.92 Å². The van der Waals surface area contributed by atoms with Crippen molar-refractivity contribution < 1.29 is 14.0 Å². The maximum absolute atomic E-state index is 15.2. The molecule has 0 amide bonds. The first-order valence-electron chi connectivity index (χ1n) is 9.06. The number of alkyl halides is 1. The lowest BCUT2D eigenvalue weighted by atomic mass is 9.44. The van der Waals surface area contributed by atoms with Gasteiger partial charge in [0.1, 0.15) is 5.78 Å². The fraction of sp³-hybridized carbons (Fsp3) is 0.789. The van der Waals surface area contributed by atoms with Crippen molar-refractivity contribution in [3.8, 4) is 0 Å². The Kier molecular flexibility index (Phi) is 3.24. The van der Waals surface area contributed by atoms with Crippen molar-refractivity contribution in [1.29, 1.82) is 10.8 Å². The topological polar surface area (TPSA) is 81.8 Å². The van der Waals surface area contributed by atoms with Crippen molar-refractivity contribution in [2.75, 3.05) is 0 Å². The maximum Gasteiger partial charge on any atom is 0.171 e. The Morgan fingerprint density at radius 2 is 1.83 bits per heavy atom. The standard InChI is InChI=1S/C19H25FN2O2/c1-18-6-5-9(21)7-12(18)13(22)8-10-11-3-4-14(23)19(11,2)17(20)16(24)15(10)18/h10-12,15,17,21-22H,3-8H2,1-2H3/t10?,11?,12?,15?,17?,18-,19-/m0/s1. The van der Waals surface area contributed by atoms with Crippen molar-refractivity contribution >= 4 is 23.0 Å². The molecule has 130 valence electrons. The van der Waals surface area contributed by atoms with Gasteiger partial charge in [-0.3, -0.25) is 9.59 Å².